The van der Waals surface area contributed by atoms with E-state index in [-0.39, 0.29) is 0 Å². The van der Waals surface area contributed by atoms with Crippen molar-refractivity contribution in [3.63, 3.8) is 0 Å². The number of hydrogen-bond donors (Lipinski definition) is 1. The van der Waals surface area contributed by atoms with Crippen LogP contribution in [-0.4, -0.2) is 20.6 Å². The summed E-state index contributed by atoms with van der Waals surface area (Å²) in [5.74, 6) is -0.332. The van der Waals surface area contributed by atoms with E-state index in [0.717, 1.165) is 11.4 Å². The third-order valence-corrected chi connectivity index (χ3v) is 3.77. The number of carboxylic acid groups (broad SMARTS) is 1. The number of aromatic nitrogens is 2. The second kappa shape index (κ2) is 4.88. The molecule has 1 N–H and O–H groups in total. The van der Waals surface area contributed by atoms with Crippen LogP contribution in [0.15, 0.2) is 36.8 Å². The van der Waals surface area contributed by atoms with Gasteiger partial charge in [0.25, 0.3) is 0 Å². The summed E-state index contributed by atoms with van der Waals surface area (Å²) < 4.78 is 1.90. The zero-order valence-electron chi connectivity index (χ0n) is 10.6. The smallest absolute Gasteiger partial charge is 0.335 e. The van der Waals surface area contributed by atoms with E-state index in [2.05, 4.69) is 4.98 Å². The highest BCUT2D eigenvalue weighted by Gasteiger charge is 2.19. The van der Waals surface area contributed by atoms with Crippen molar-refractivity contribution in [2.75, 3.05) is 0 Å². The van der Waals surface area contributed by atoms with Gasteiger partial charge in [0.1, 0.15) is 0 Å². The summed E-state index contributed by atoms with van der Waals surface area (Å²) in [6.07, 6.45) is 8.79. The Kier molecular flexibility index (Phi) is 3.07. The van der Waals surface area contributed by atoms with Crippen LogP contribution >= 0.6 is 0 Å². The Labute approximate surface area is 111 Å². The lowest BCUT2D eigenvalue weighted by molar-refractivity contribution is 0.0697. The topological polar surface area (TPSA) is 55.1 Å². The first-order valence-corrected chi connectivity index (χ1v) is 6.61. The van der Waals surface area contributed by atoms with Crippen LogP contribution in [0.25, 0.3) is 5.69 Å². The molecule has 4 heteroatoms. The van der Waals surface area contributed by atoms with Crippen LogP contribution in [0.5, 0.6) is 0 Å². The minimum atomic E-state index is -0.905. The zero-order valence-corrected chi connectivity index (χ0v) is 10.6. The number of aromatic carboxylic acids is 1. The van der Waals surface area contributed by atoms with Gasteiger partial charge in [-0.15, -0.1) is 0 Å². The first kappa shape index (κ1) is 12.0. The van der Waals surface area contributed by atoms with Crippen molar-refractivity contribution in [2.45, 2.75) is 31.6 Å². The predicted octanol–water partition coefficient (Wildman–Crippen LogP) is 3.23. The molecule has 0 amide bonds. The van der Waals surface area contributed by atoms with E-state index in [1.54, 1.807) is 24.5 Å². The second-order valence-corrected chi connectivity index (χ2v) is 5.04. The zero-order chi connectivity index (χ0) is 13.2. The highest BCUT2D eigenvalue weighted by molar-refractivity contribution is 5.88. The van der Waals surface area contributed by atoms with Crippen LogP contribution in [0.4, 0.5) is 0 Å². The van der Waals surface area contributed by atoms with Crippen molar-refractivity contribution in [2.24, 2.45) is 0 Å². The van der Waals surface area contributed by atoms with Crippen molar-refractivity contribution in [1.29, 1.82) is 0 Å². The van der Waals surface area contributed by atoms with Crippen molar-refractivity contribution in [3.05, 3.63) is 48.0 Å². The highest BCUT2D eigenvalue weighted by Crippen LogP contribution is 2.33. The fourth-order valence-corrected chi connectivity index (χ4v) is 2.71. The molecular formula is C15H16N2O2. The molecule has 1 fully saturated rings. The molecule has 4 nitrogen and oxygen atoms in total. The fourth-order valence-electron chi connectivity index (χ4n) is 2.71. The van der Waals surface area contributed by atoms with Crippen LogP contribution in [0.3, 0.4) is 0 Å². The third kappa shape index (κ3) is 2.38. The molecule has 98 valence electrons. The van der Waals surface area contributed by atoms with E-state index in [1.165, 1.54) is 25.7 Å². The summed E-state index contributed by atoms with van der Waals surface area (Å²) in [5.41, 5.74) is 2.27. The van der Waals surface area contributed by atoms with Crippen LogP contribution < -0.4 is 0 Å². The maximum atomic E-state index is 11.0. The minimum Gasteiger partial charge on any atom is -0.478 e. The van der Waals surface area contributed by atoms with Gasteiger partial charge in [0, 0.05) is 17.8 Å². The summed E-state index contributed by atoms with van der Waals surface area (Å²) in [6, 6.07) is 6.92. The number of rotatable bonds is 3. The molecule has 1 aliphatic carbocycles. The first-order chi connectivity index (χ1) is 9.24. The summed E-state index contributed by atoms with van der Waals surface area (Å²) in [4.78, 5) is 15.4. The molecule has 2 aromatic rings. The molecule has 0 spiro atoms. The minimum absolute atomic E-state index is 0.300. The maximum absolute atomic E-state index is 11.0. The van der Waals surface area contributed by atoms with Gasteiger partial charge in [-0.3, -0.25) is 0 Å². The molecule has 0 saturated heterocycles. The maximum Gasteiger partial charge on any atom is 0.335 e. The molecule has 1 aliphatic rings. The molecule has 19 heavy (non-hydrogen) atoms. The molecule has 1 aromatic carbocycles. The monoisotopic (exact) mass is 256 g/mol. The number of benzene rings is 1. The molecule has 3 rings (SSSR count). The van der Waals surface area contributed by atoms with E-state index < -0.39 is 5.97 Å². The van der Waals surface area contributed by atoms with Crippen molar-refractivity contribution in [1.82, 2.24) is 9.55 Å². The molecule has 1 saturated carbocycles. The second-order valence-electron chi connectivity index (χ2n) is 5.04. The van der Waals surface area contributed by atoms with Crippen LogP contribution in [-0.2, 0) is 0 Å². The van der Waals surface area contributed by atoms with E-state index in [9.17, 15) is 4.79 Å². The Balaban J connectivity index is 1.89. The Morgan fingerprint density at radius 1 is 1.32 bits per heavy atom. The Morgan fingerprint density at radius 2 is 2.11 bits per heavy atom. The van der Waals surface area contributed by atoms with Gasteiger partial charge in [0.05, 0.1) is 17.6 Å². The van der Waals surface area contributed by atoms with E-state index in [4.69, 9.17) is 5.11 Å². The number of carbonyl (C=O) groups is 1. The molecular weight excluding hydrogens is 240 g/mol. The summed E-state index contributed by atoms with van der Waals surface area (Å²) in [7, 11) is 0. The number of hydrogen-bond acceptors (Lipinski definition) is 2. The SMILES string of the molecule is O=C(O)c1cccc(-n2cnc(C3CCCC3)c2)c1. The predicted molar refractivity (Wildman–Crippen MR) is 71.7 cm³/mol. The van der Waals surface area contributed by atoms with Crippen LogP contribution in [0, 0.1) is 0 Å². The Bertz CT molecular complexity index is 598. The number of nitrogens with zero attached hydrogens (tertiary/aromatic N) is 2. The third-order valence-electron chi connectivity index (χ3n) is 3.77. The fraction of sp³-hybridized carbons (Fsp3) is 0.333. The molecule has 0 unspecified atom stereocenters. The first-order valence-electron chi connectivity index (χ1n) is 6.61. The number of imidazole rings is 1. The van der Waals surface area contributed by atoms with Crippen LogP contribution in [0.2, 0.25) is 0 Å². The van der Waals surface area contributed by atoms with Gasteiger partial charge in [-0.05, 0) is 31.0 Å². The summed E-state index contributed by atoms with van der Waals surface area (Å²) >= 11 is 0. The van der Waals surface area contributed by atoms with Crippen molar-refractivity contribution < 1.29 is 9.90 Å². The lowest BCUT2D eigenvalue weighted by Crippen LogP contribution is -1.98. The molecule has 0 atom stereocenters. The van der Waals surface area contributed by atoms with Gasteiger partial charge in [0.2, 0.25) is 0 Å². The van der Waals surface area contributed by atoms with E-state index >= 15 is 0 Å². The normalized spacial score (nSPS) is 15.8. The average Bonchev–Trinajstić information content (AvgIpc) is 3.09. The molecule has 0 aliphatic heterocycles. The molecule has 1 aromatic heterocycles. The van der Waals surface area contributed by atoms with E-state index in [0.29, 0.717) is 11.5 Å². The van der Waals surface area contributed by atoms with E-state index in [1.807, 2.05) is 16.8 Å². The van der Waals surface area contributed by atoms with Gasteiger partial charge in [-0.2, -0.15) is 0 Å². The van der Waals surface area contributed by atoms with Gasteiger partial charge in [-0.1, -0.05) is 18.9 Å². The summed E-state index contributed by atoms with van der Waals surface area (Å²) in [5, 5.41) is 9.01. The van der Waals surface area contributed by atoms with Gasteiger partial charge in [-0.25, -0.2) is 9.78 Å². The van der Waals surface area contributed by atoms with Crippen LogP contribution in [0.1, 0.15) is 47.7 Å². The average molecular weight is 256 g/mol. The largest absolute Gasteiger partial charge is 0.478 e. The van der Waals surface area contributed by atoms with Crippen molar-refractivity contribution in [3.8, 4) is 5.69 Å². The Morgan fingerprint density at radius 3 is 2.84 bits per heavy atom. The van der Waals surface area contributed by atoms with Gasteiger partial charge in [0.15, 0.2) is 0 Å². The number of carboxylic acids is 1. The molecule has 0 bridgehead atoms. The lowest BCUT2D eigenvalue weighted by Gasteiger charge is -2.05. The summed E-state index contributed by atoms with van der Waals surface area (Å²) in [6.45, 7) is 0. The lowest BCUT2D eigenvalue weighted by atomic mass is 10.1. The highest BCUT2D eigenvalue weighted by atomic mass is 16.4. The quantitative estimate of drug-likeness (QED) is 0.917. The van der Waals surface area contributed by atoms with Gasteiger partial charge < -0.3 is 9.67 Å². The Hall–Kier alpha value is -2.10. The van der Waals surface area contributed by atoms with Gasteiger partial charge >= 0.3 is 5.97 Å². The van der Waals surface area contributed by atoms with Crippen molar-refractivity contribution >= 4 is 5.97 Å². The standard InChI is InChI=1S/C15H16N2O2/c18-15(19)12-6-3-7-13(8-12)17-9-14(16-10-17)11-4-1-2-5-11/h3,6-11H,1-2,4-5H2,(H,18,19). The molecule has 0 radical (unpaired) electrons. The molecule has 1 heterocycles.